The van der Waals surface area contributed by atoms with Gasteiger partial charge in [-0.3, -0.25) is 0 Å². The van der Waals surface area contributed by atoms with E-state index in [1.165, 1.54) is 0 Å². The molecule has 1 N–H and O–H groups in total. The minimum absolute atomic E-state index is 0.0685. The van der Waals surface area contributed by atoms with Crippen molar-refractivity contribution < 1.29 is 9.84 Å². The second-order valence-electron chi connectivity index (χ2n) is 4.02. The van der Waals surface area contributed by atoms with Crippen LogP contribution in [0.5, 0.6) is 0 Å². The molecule has 4 nitrogen and oxygen atoms in total. The molecule has 0 aliphatic heterocycles. The standard InChI is InChI=1S/C13H17ClN2O2/c1-2-18-7-3-6-16-12-8-10(14)4-5-11(12)15-13(16)9-17/h4-5,8,17H,2-3,6-7,9H2,1H3. The maximum absolute atomic E-state index is 9.34. The highest BCUT2D eigenvalue weighted by atomic mass is 35.5. The van der Waals surface area contributed by atoms with Crippen LogP contribution >= 0.6 is 11.6 Å². The van der Waals surface area contributed by atoms with E-state index in [0.29, 0.717) is 17.5 Å². The van der Waals surface area contributed by atoms with Gasteiger partial charge in [-0.2, -0.15) is 0 Å². The van der Waals surface area contributed by atoms with Crippen molar-refractivity contribution in [2.75, 3.05) is 13.2 Å². The summed E-state index contributed by atoms with van der Waals surface area (Å²) in [6, 6.07) is 5.56. The third kappa shape index (κ3) is 2.83. The molecule has 0 unspecified atom stereocenters. The van der Waals surface area contributed by atoms with Gasteiger partial charge < -0.3 is 14.4 Å². The molecule has 98 valence electrons. The number of benzene rings is 1. The van der Waals surface area contributed by atoms with Crippen LogP contribution in [0, 0.1) is 0 Å². The number of fused-ring (bicyclic) bond motifs is 1. The molecule has 2 aromatic rings. The third-order valence-electron chi connectivity index (χ3n) is 2.81. The van der Waals surface area contributed by atoms with Crippen molar-refractivity contribution in [2.24, 2.45) is 0 Å². The van der Waals surface area contributed by atoms with E-state index in [1.807, 2.05) is 29.7 Å². The first kappa shape index (κ1) is 13.3. The number of rotatable bonds is 6. The number of aryl methyl sites for hydroxylation is 1. The molecule has 5 heteroatoms. The van der Waals surface area contributed by atoms with Gasteiger partial charge in [-0.25, -0.2) is 4.98 Å². The first-order valence-electron chi connectivity index (χ1n) is 6.09. The van der Waals surface area contributed by atoms with Crippen LogP contribution in [-0.2, 0) is 17.9 Å². The van der Waals surface area contributed by atoms with Gasteiger partial charge in [0.05, 0.1) is 11.0 Å². The lowest BCUT2D eigenvalue weighted by molar-refractivity contribution is 0.141. The van der Waals surface area contributed by atoms with E-state index < -0.39 is 0 Å². The molecular formula is C13H17ClN2O2. The van der Waals surface area contributed by atoms with Crippen molar-refractivity contribution in [1.82, 2.24) is 9.55 Å². The van der Waals surface area contributed by atoms with Crippen LogP contribution in [0.3, 0.4) is 0 Å². The normalized spacial score (nSPS) is 11.3. The Bertz CT molecular complexity index is 525. The SMILES string of the molecule is CCOCCCn1c(CO)nc2ccc(Cl)cc21. The Morgan fingerprint density at radius 1 is 1.44 bits per heavy atom. The fraction of sp³-hybridized carbons (Fsp3) is 0.462. The van der Waals surface area contributed by atoms with E-state index >= 15 is 0 Å². The molecule has 2 rings (SSSR count). The van der Waals surface area contributed by atoms with E-state index in [-0.39, 0.29) is 6.61 Å². The molecule has 0 bridgehead atoms. The topological polar surface area (TPSA) is 47.3 Å². The molecule has 0 atom stereocenters. The molecule has 0 radical (unpaired) electrons. The predicted molar refractivity (Wildman–Crippen MR) is 71.8 cm³/mol. The molecule has 1 aromatic heterocycles. The second kappa shape index (κ2) is 6.18. The fourth-order valence-corrected chi connectivity index (χ4v) is 2.15. The molecule has 18 heavy (non-hydrogen) atoms. The van der Waals surface area contributed by atoms with E-state index in [0.717, 1.165) is 30.6 Å². The number of nitrogens with zero attached hydrogens (tertiary/aromatic N) is 2. The lowest BCUT2D eigenvalue weighted by Gasteiger charge is -2.07. The third-order valence-corrected chi connectivity index (χ3v) is 3.04. The van der Waals surface area contributed by atoms with Crippen molar-refractivity contribution in [1.29, 1.82) is 0 Å². The monoisotopic (exact) mass is 268 g/mol. The minimum atomic E-state index is -0.0685. The highest BCUT2D eigenvalue weighted by Crippen LogP contribution is 2.21. The van der Waals surface area contributed by atoms with Crippen molar-refractivity contribution in [3.8, 4) is 0 Å². The Labute approximate surface area is 111 Å². The first-order chi connectivity index (χ1) is 8.76. The lowest BCUT2D eigenvalue weighted by atomic mass is 10.3. The average Bonchev–Trinajstić information content (AvgIpc) is 2.72. The summed E-state index contributed by atoms with van der Waals surface area (Å²) in [6.45, 7) is 4.12. The molecular weight excluding hydrogens is 252 g/mol. The Kier molecular flexibility index (Phi) is 4.58. The van der Waals surface area contributed by atoms with Crippen molar-refractivity contribution in [3.05, 3.63) is 29.0 Å². The summed E-state index contributed by atoms with van der Waals surface area (Å²) in [5.41, 5.74) is 1.82. The van der Waals surface area contributed by atoms with Crippen molar-refractivity contribution in [2.45, 2.75) is 26.5 Å². The van der Waals surface area contributed by atoms with Crippen LogP contribution < -0.4 is 0 Å². The Morgan fingerprint density at radius 2 is 2.28 bits per heavy atom. The Hall–Kier alpha value is -1.10. The number of hydrogen-bond acceptors (Lipinski definition) is 3. The maximum atomic E-state index is 9.34. The second-order valence-corrected chi connectivity index (χ2v) is 4.46. The molecule has 0 aliphatic carbocycles. The number of hydrogen-bond donors (Lipinski definition) is 1. The summed E-state index contributed by atoms with van der Waals surface area (Å²) >= 11 is 6.00. The molecule has 0 fully saturated rings. The molecule has 0 aliphatic rings. The van der Waals surface area contributed by atoms with Gasteiger partial charge in [-0.1, -0.05) is 11.6 Å². The maximum Gasteiger partial charge on any atom is 0.135 e. The number of halogens is 1. The van der Waals surface area contributed by atoms with Crippen LogP contribution in [0.15, 0.2) is 18.2 Å². The minimum Gasteiger partial charge on any atom is -0.388 e. The molecule has 0 saturated carbocycles. The summed E-state index contributed by atoms with van der Waals surface area (Å²) in [4.78, 5) is 4.38. The first-order valence-corrected chi connectivity index (χ1v) is 6.47. The van der Waals surface area contributed by atoms with Crippen molar-refractivity contribution in [3.63, 3.8) is 0 Å². The summed E-state index contributed by atoms with van der Waals surface area (Å²) in [5, 5.41) is 10.0. The zero-order valence-corrected chi connectivity index (χ0v) is 11.2. The highest BCUT2D eigenvalue weighted by molar-refractivity contribution is 6.31. The van der Waals surface area contributed by atoms with Crippen LogP contribution in [0.4, 0.5) is 0 Å². The van der Waals surface area contributed by atoms with E-state index in [9.17, 15) is 5.11 Å². The van der Waals surface area contributed by atoms with Gasteiger partial charge in [0.1, 0.15) is 12.4 Å². The van der Waals surface area contributed by atoms with E-state index in [2.05, 4.69) is 4.98 Å². The molecule has 1 aromatic carbocycles. The van der Waals surface area contributed by atoms with Crippen molar-refractivity contribution >= 4 is 22.6 Å². The summed E-state index contributed by atoms with van der Waals surface area (Å²) in [7, 11) is 0. The Balaban J connectivity index is 2.25. The van der Waals surface area contributed by atoms with Gasteiger partial charge in [-0.15, -0.1) is 0 Å². The molecule has 0 amide bonds. The quantitative estimate of drug-likeness (QED) is 0.820. The number of imidazole rings is 1. The smallest absolute Gasteiger partial charge is 0.135 e. The molecule has 0 saturated heterocycles. The van der Waals surface area contributed by atoms with Gasteiger partial charge in [0.25, 0.3) is 0 Å². The zero-order chi connectivity index (χ0) is 13.0. The van der Waals surface area contributed by atoms with Gasteiger partial charge >= 0.3 is 0 Å². The predicted octanol–water partition coefficient (Wildman–Crippen LogP) is 2.61. The molecule has 0 spiro atoms. The van der Waals surface area contributed by atoms with Gasteiger partial charge in [0, 0.05) is 24.8 Å². The van der Waals surface area contributed by atoms with E-state index in [4.69, 9.17) is 16.3 Å². The van der Waals surface area contributed by atoms with Crippen LogP contribution in [-0.4, -0.2) is 27.9 Å². The summed E-state index contributed by atoms with van der Waals surface area (Å²) in [5.74, 6) is 0.670. The fourth-order valence-electron chi connectivity index (χ4n) is 1.99. The van der Waals surface area contributed by atoms with Crippen LogP contribution in [0.1, 0.15) is 19.2 Å². The number of aliphatic hydroxyl groups excluding tert-OH is 1. The zero-order valence-electron chi connectivity index (χ0n) is 10.4. The summed E-state index contributed by atoms with van der Waals surface area (Å²) < 4.78 is 7.32. The largest absolute Gasteiger partial charge is 0.388 e. The van der Waals surface area contributed by atoms with Crippen LogP contribution in [0.2, 0.25) is 5.02 Å². The number of aliphatic hydroxyl groups is 1. The lowest BCUT2D eigenvalue weighted by Crippen LogP contribution is -2.06. The van der Waals surface area contributed by atoms with Crippen LogP contribution in [0.25, 0.3) is 11.0 Å². The van der Waals surface area contributed by atoms with Gasteiger partial charge in [-0.05, 0) is 31.5 Å². The van der Waals surface area contributed by atoms with Gasteiger partial charge in [0.15, 0.2) is 0 Å². The van der Waals surface area contributed by atoms with E-state index in [1.54, 1.807) is 0 Å². The molecule has 1 heterocycles. The Morgan fingerprint density at radius 3 is 3.00 bits per heavy atom. The highest BCUT2D eigenvalue weighted by Gasteiger charge is 2.09. The number of ether oxygens (including phenoxy) is 1. The van der Waals surface area contributed by atoms with Gasteiger partial charge in [0.2, 0.25) is 0 Å². The summed E-state index contributed by atoms with van der Waals surface area (Å²) in [6.07, 6.45) is 0.888. The number of aromatic nitrogens is 2. The average molecular weight is 269 g/mol.